The van der Waals surface area contributed by atoms with Gasteiger partial charge in [0.15, 0.2) is 0 Å². The minimum atomic E-state index is -3.88. The van der Waals surface area contributed by atoms with Gasteiger partial charge >= 0.3 is 0 Å². The quantitative estimate of drug-likeness (QED) is 0.689. The topological polar surface area (TPSA) is 99.3 Å². The Bertz CT molecular complexity index is 909. The number of rotatable bonds is 6. The SMILES string of the molecule is COc1ccc(C(=O)N2CCCN(CC(=O)N(C)C)CC2)cc1S(=O)(=O)NC(C)(C)C. The molecule has 1 aromatic carbocycles. The minimum absolute atomic E-state index is 0.0242. The summed E-state index contributed by atoms with van der Waals surface area (Å²) in [6.45, 7) is 7.87. The normalized spacial score (nSPS) is 16.0. The lowest BCUT2D eigenvalue weighted by atomic mass is 10.1. The van der Waals surface area contributed by atoms with E-state index in [1.165, 1.54) is 19.2 Å². The highest BCUT2D eigenvalue weighted by Crippen LogP contribution is 2.27. The number of likely N-dealkylation sites (N-methyl/N-ethyl adjacent to an activating group) is 1. The molecule has 0 saturated carbocycles. The van der Waals surface area contributed by atoms with Crippen LogP contribution in [0.1, 0.15) is 37.6 Å². The maximum Gasteiger partial charge on any atom is 0.253 e. The molecular weight excluding hydrogens is 420 g/mol. The first-order valence-electron chi connectivity index (χ1n) is 10.3. The molecule has 10 heteroatoms. The van der Waals surface area contributed by atoms with Crippen molar-refractivity contribution in [1.82, 2.24) is 19.4 Å². The Balaban J connectivity index is 2.21. The standard InChI is InChI=1S/C21H34N4O5S/c1-21(2,3)22-31(28,29)18-14-16(8-9-17(18)30-6)20(27)25-11-7-10-24(12-13-25)15-19(26)23(4)5/h8-9,14,22H,7,10-13,15H2,1-6H3. The van der Waals surface area contributed by atoms with Gasteiger partial charge in [0.25, 0.3) is 5.91 Å². The summed E-state index contributed by atoms with van der Waals surface area (Å²) in [5, 5.41) is 0. The van der Waals surface area contributed by atoms with Crippen LogP contribution in [0.2, 0.25) is 0 Å². The molecule has 0 unspecified atom stereocenters. The average molecular weight is 455 g/mol. The monoisotopic (exact) mass is 454 g/mol. The molecule has 1 aromatic rings. The van der Waals surface area contributed by atoms with Gasteiger partial charge in [0.05, 0.1) is 13.7 Å². The number of carbonyl (C=O) groups excluding carboxylic acids is 2. The fourth-order valence-electron chi connectivity index (χ4n) is 3.33. The van der Waals surface area contributed by atoms with Crippen LogP contribution < -0.4 is 9.46 Å². The fraction of sp³-hybridized carbons (Fsp3) is 0.619. The molecule has 2 amide bonds. The van der Waals surface area contributed by atoms with Crippen LogP contribution in [-0.4, -0.2) is 94.4 Å². The second-order valence-electron chi connectivity index (χ2n) is 8.93. The summed E-state index contributed by atoms with van der Waals surface area (Å²) in [7, 11) is 0.957. The number of sulfonamides is 1. The van der Waals surface area contributed by atoms with E-state index < -0.39 is 15.6 Å². The first kappa shape index (κ1) is 25.1. The first-order chi connectivity index (χ1) is 14.3. The number of hydrogen-bond donors (Lipinski definition) is 1. The summed E-state index contributed by atoms with van der Waals surface area (Å²) in [6, 6.07) is 4.45. The van der Waals surface area contributed by atoms with Gasteiger partial charge in [-0.2, -0.15) is 0 Å². The number of nitrogens with zero attached hydrogens (tertiary/aromatic N) is 3. The largest absolute Gasteiger partial charge is 0.495 e. The van der Waals surface area contributed by atoms with Crippen molar-refractivity contribution in [3.63, 3.8) is 0 Å². The Morgan fingerprint density at radius 3 is 2.39 bits per heavy atom. The summed E-state index contributed by atoms with van der Waals surface area (Å²) in [4.78, 5) is 30.3. The molecule has 0 spiro atoms. The maximum absolute atomic E-state index is 13.1. The molecular formula is C21H34N4O5S. The zero-order chi connectivity index (χ0) is 23.4. The summed E-state index contributed by atoms with van der Waals surface area (Å²) >= 11 is 0. The van der Waals surface area contributed by atoms with Gasteiger partial charge in [-0.05, 0) is 45.4 Å². The van der Waals surface area contributed by atoms with E-state index in [0.717, 1.165) is 13.0 Å². The van der Waals surface area contributed by atoms with Crippen molar-refractivity contribution in [1.29, 1.82) is 0 Å². The van der Waals surface area contributed by atoms with Crippen molar-refractivity contribution < 1.29 is 22.7 Å². The van der Waals surface area contributed by atoms with Crippen molar-refractivity contribution in [2.45, 2.75) is 37.6 Å². The number of hydrogen-bond acceptors (Lipinski definition) is 6. The van der Waals surface area contributed by atoms with E-state index in [2.05, 4.69) is 4.72 Å². The first-order valence-corrected chi connectivity index (χ1v) is 11.8. The zero-order valence-electron chi connectivity index (χ0n) is 19.3. The molecule has 1 aliphatic heterocycles. The van der Waals surface area contributed by atoms with Gasteiger partial charge in [-0.25, -0.2) is 13.1 Å². The van der Waals surface area contributed by atoms with E-state index >= 15 is 0 Å². The van der Waals surface area contributed by atoms with E-state index in [9.17, 15) is 18.0 Å². The summed E-state index contributed by atoms with van der Waals surface area (Å²) in [5.41, 5.74) is -0.393. The van der Waals surface area contributed by atoms with Crippen LogP contribution >= 0.6 is 0 Å². The van der Waals surface area contributed by atoms with Crippen molar-refractivity contribution in [2.24, 2.45) is 0 Å². The van der Waals surface area contributed by atoms with E-state index in [4.69, 9.17) is 4.74 Å². The summed E-state index contributed by atoms with van der Waals surface area (Å²) < 4.78 is 33.6. The highest BCUT2D eigenvalue weighted by Gasteiger charge is 2.28. The van der Waals surface area contributed by atoms with Gasteiger partial charge in [-0.3, -0.25) is 14.5 Å². The van der Waals surface area contributed by atoms with Gasteiger partial charge in [0.1, 0.15) is 10.6 Å². The number of benzene rings is 1. The molecule has 0 atom stereocenters. The van der Waals surface area contributed by atoms with Gasteiger partial charge < -0.3 is 14.5 Å². The number of nitrogens with one attached hydrogen (secondary N) is 1. The third-order valence-electron chi connectivity index (χ3n) is 4.87. The van der Waals surface area contributed by atoms with Crippen LogP contribution in [0.3, 0.4) is 0 Å². The highest BCUT2D eigenvalue weighted by molar-refractivity contribution is 7.89. The highest BCUT2D eigenvalue weighted by atomic mass is 32.2. The molecule has 0 aliphatic carbocycles. The lowest BCUT2D eigenvalue weighted by Gasteiger charge is -2.24. The van der Waals surface area contributed by atoms with Crippen molar-refractivity contribution in [3.05, 3.63) is 23.8 Å². The third kappa shape index (κ3) is 6.91. The molecule has 0 bridgehead atoms. The molecule has 1 saturated heterocycles. The van der Waals surface area contributed by atoms with Crippen LogP contribution in [-0.2, 0) is 14.8 Å². The Labute approximate surface area is 185 Å². The van der Waals surface area contributed by atoms with E-state index in [-0.39, 0.29) is 28.0 Å². The van der Waals surface area contributed by atoms with Crippen molar-refractivity contribution >= 4 is 21.8 Å². The van der Waals surface area contributed by atoms with E-state index in [1.54, 1.807) is 50.7 Å². The summed E-state index contributed by atoms with van der Waals surface area (Å²) in [6.07, 6.45) is 0.735. The molecule has 0 aromatic heterocycles. The second kappa shape index (κ2) is 9.97. The van der Waals surface area contributed by atoms with Gasteiger partial charge in [0.2, 0.25) is 15.9 Å². The predicted molar refractivity (Wildman–Crippen MR) is 119 cm³/mol. The lowest BCUT2D eigenvalue weighted by molar-refractivity contribution is -0.129. The van der Waals surface area contributed by atoms with Gasteiger partial charge in [0, 0.05) is 51.4 Å². The van der Waals surface area contributed by atoms with E-state index in [1.807, 2.05) is 4.90 Å². The molecule has 0 radical (unpaired) electrons. The third-order valence-corrected chi connectivity index (χ3v) is 6.65. The molecule has 1 N–H and O–H groups in total. The zero-order valence-corrected chi connectivity index (χ0v) is 20.1. The second-order valence-corrected chi connectivity index (χ2v) is 10.6. The van der Waals surface area contributed by atoms with Gasteiger partial charge in [-0.1, -0.05) is 0 Å². The minimum Gasteiger partial charge on any atom is -0.495 e. The molecule has 174 valence electrons. The lowest BCUT2D eigenvalue weighted by Crippen LogP contribution is -2.41. The van der Waals surface area contributed by atoms with Crippen molar-refractivity contribution in [3.8, 4) is 5.75 Å². The van der Waals surface area contributed by atoms with Crippen molar-refractivity contribution in [2.75, 3.05) is 53.9 Å². The number of carbonyl (C=O) groups is 2. The maximum atomic E-state index is 13.1. The Kier molecular flexibility index (Phi) is 8.07. The van der Waals surface area contributed by atoms with Crippen LogP contribution in [0.5, 0.6) is 5.75 Å². The number of amides is 2. The molecule has 31 heavy (non-hydrogen) atoms. The Morgan fingerprint density at radius 2 is 1.81 bits per heavy atom. The molecule has 1 heterocycles. The van der Waals surface area contributed by atoms with Gasteiger partial charge in [-0.15, -0.1) is 0 Å². The van der Waals surface area contributed by atoms with Crippen LogP contribution in [0.25, 0.3) is 0 Å². The molecule has 1 fully saturated rings. The molecule has 2 rings (SSSR count). The number of ether oxygens (including phenoxy) is 1. The predicted octanol–water partition coefficient (Wildman–Crippen LogP) is 1.01. The Hall–Kier alpha value is -2.17. The van der Waals surface area contributed by atoms with Crippen LogP contribution in [0, 0.1) is 0 Å². The summed E-state index contributed by atoms with van der Waals surface area (Å²) in [5.74, 6) is -0.0377. The fourth-order valence-corrected chi connectivity index (χ4v) is 4.94. The number of methoxy groups -OCH3 is 1. The van der Waals surface area contributed by atoms with Crippen LogP contribution in [0.15, 0.2) is 23.1 Å². The molecule has 9 nitrogen and oxygen atoms in total. The smallest absolute Gasteiger partial charge is 0.253 e. The van der Waals surface area contributed by atoms with Crippen LogP contribution in [0.4, 0.5) is 0 Å². The average Bonchev–Trinajstić information content (AvgIpc) is 2.90. The molecule has 1 aliphatic rings. The van der Waals surface area contributed by atoms with E-state index in [0.29, 0.717) is 26.2 Å². The Morgan fingerprint density at radius 1 is 1.13 bits per heavy atom.